The number of nitrogens with two attached hydrogens (primary N) is 1. The molecule has 0 saturated carbocycles. The van der Waals surface area contributed by atoms with Crippen molar-refractivity contribution < 1.29 is 19.8 Å². The fourth-order valence-electron chi connectivity index (χ4n) is 1.18. The maximum Gasteiger partial charge on any atom is 0.336 e. The van der Waals surface area contributed by atoms with E-state index in [1.165, 1.54) is 19.1 Å². The van der Waals surface area contributed by atoms with Crippen molar-refractivity contribution in [1.29, 1.82) is 0 Å². The van der Waals surface area contributed by atoms with E-state index in [9.17, 15) is 9.59 Å². The molecule has 4 N–H and O–H groups in total. The molecule has 74 valence electrons. The van der Waals surface area contributed by atoms with Crippen LogP contribution in [0.4, 0.5) is 5.69 Å². The zero-order chi connectivity index (χ0) is 10.9. The van der Waals surface area contributed by atoms with Gasteiger partial charge in [0.1, 0.15) is 0 Å². The van der Waals surface area contributed by atoms with E-state index in [-0.39, 0.29) is 22.4 Å². The van der Waals surface area contributed by atoms with E-state index in [2.05, 4.69) is 0 Å². The Kier molecular flexibility index (Phi) is 2.42. The van der Waals surface area contributed by atoms with E-state index in [0.29, 0.717) is 0 Å². The highest BCUT2D eigenvalue weighted by Gasteiger charge is 2.19. The molecule has 0 heterocycles. The Morgan fingerprint density at radius 2 is 1.79 bits per heavy atom. The Labute approximate surface area is 79.8 Å². The third-order valence-corrected chi connectivity index (χ3v) is 1.95. The van der Waals surface area contributed by atoms with Gasteiger partial charge in [-0.25, -0.2) is 9.59 Å². The number of anilines is 1. The van der Waals surface area contributed by atoms with Crippen LogP contribution in [-0.2, 0) is 0 Å². The minimum absolute atomic E-state index is 0.246. The van der Waals surface area contributed by atoms with Crippen LogP contribution in [0.15, 0.2) is 12.1 Å². The number of nitrogen functional groups attached to an aromatic ring is 1. The van der Waals surface area contributed by atoms with Gasteiger partial charge in [-0.15, -0.1) is 0 Å². The second-order valence-electron chi connectivity index (χ2n) is 2.81. The average molecular weight is 195 g/mol. The van der Waals surface area contributed by atoms with Gasteiger partial charge in [-0.1, -0.05) is 0 Å². The quantitative estimate of drug-likeness (QED) is 0.610. The van der Waals surface area contributed by atoms with Crippen molar-refractivity contribution in [3.05, 3.63) is 28.8 Å². The van der Waals surface area contributed by atoms with E-state index in [1.54, 1.807) is 0 Å². The van der Waals surface area contributed by atoms with Gasteiger partial charge in [-0.05, 0) is 24.6 Å². The minimum Gasteiger partial charge on any atom is -0.478 e. The molecule has 0 aromatic heterocycles. The SMILES string of the molecule is Cc1c(N)ccc(C(=O)O)c1C(=O)O. The van der Waals surface area contributed by atoms with Gasteiger partial charge in [0.25, 0.3) is 0 Å². The lowest BCUT2D eigenvalue weighted by Gasteiger charge is -2.07. The fourth-order valence-corrected chi connectivity index (χ4v) is 1.18. The molecular weight excluding hydrogens is 186 g/mol. The van der Waals surface area contributed by atoms with Gasteiger partial charge in [0.15, 0.2) is 0 Å². The molecule has 0 atom stereocenters. The lowest BCUT2D eigenvalue weighted by Crippen LogP contribution is -2.11. The highest BCUT2D eigenvalue weighted by atomic mass is 16.4. The number of aromatic carboxylic acids is 2. The van der Waals surface area contributed by atoms with Gasteiger partial charge >= 0.3 is 11.9 Å². The molecule has 0 radical (unpaired) electrons. The minimum atomic E-state index is -1.28. The van der Waals surface area contributed by atoms with Crippen LogP contribution in [-0.4, -0.2) is 22.2 Å². The molecule has 1 aromatic carbocycles. The Morgan fingerprint density at radius 3 is 2.21 bits per heavy atom. The van der Waals surface area contributed by atoms with Gasteiger partial charge in [-0.2, -0.15) is 0 Å². The summed E-state index contributed by atoms with van der Waals surface area (Å²) in [5.41, 5.74) is 5.52. The lowest BCUT2D eigenvalue weighted by atomic mass is 10.0. The first-order valence-corrected chi connectivity index (χ1v) is 3.80. The van der Waals surface area contributed by atoms with Gasteiger partial charge in [-0.3, -0.25) is 0 Å². The maximum atomic E-state index is 10.8. The normalized spacial score (nSPS) is 9.79. The maximum absolute atomic E-state index is 10.8. The van der Waals surface area contributed by atoms with E-state index in [1.807, 2.05) is 0 Å². The van der Waals surface area contributed by atoms with Crippen molar-refractivity contribution in [2.24, 2.45) is 0 Å². The Balaban J connectivity index is 3.53. The summed E-state index contributed by atoms with van der Waals surface area (Å²) in [5, 5.41) is 17.5. The molecule has 0 saturated heterocycles. The largest absolute Gasteiger partial charge is 0.478 e. The van der Waals surface area contributed by atoms with Crippen LogP contribution in [0.3, 0.4) is 0 Å². The predicted octanol–water partition coefficient (Wildman–Crippen LogP) is 0.974. The summed E-state index contributed by atoms with van der Waals surface area (Å²) < 4.78 is 0. The molecule has 0 unspecified atom stereocenters. The lowest BCUT2D eigenvalue weighted by molar-refractivity contribution is 0.0651. The van der Waals surface area contributed by atoms with E-state index >= 15 is 0 Å². The van der Waals surface area contributed by atoms with Crippen LogP contribution >= 0.6 is 0 Å². The number of hydrogen-bond donors (Lipinski definition) is 3. The highest BCUT2D eigenvalue weighted by Crippen LogP contribution is 2.20. The summed E-state index contributed by atoms with van der Waals surface area (Å²) in [4.78, 5) is 21.5. The third-order valence-electron chi connectivity index (χ3n) is 1.95. The smallest absolute Gasteiger partial charge is 0.336 e. The van der Waals surface area contributed by atoms with Gasteiger partial charge in [0, 0.05) is 5.69 Å². The van der Waals surface area contributed by atoms with E-state index in [4.69, 9.17) is 15.9 Å². The number of rotatable bonds is 2. The van der Waals surface area contributed by atoms with Gasteiger partial charge in [0.2, 0.25) is 0 Å². The number of carboxylic acid groups (broad SMARTS) is 2. The van der Waals surface area contributed by atoms with Crippen LogP contribution in [0, 0.1) is 6.92 Å². The van der Waals surface area contributed by atoms with Crippen LogP contribution in [0.2, 0.25) is 0 Å². The van der Waals surface area contributed by atoms with E-state index in [0.717, 1.165) is 0 Å². The van der Waals surface area contributed by atoms with Crippen LogP contribution in [0.1, 0.15) is 26.3 Å². The summed E-state index contributed by atoms with van der Waals surface area (Å²) in [7, 11) is 0. The molecule has 14 heavy (non-hydrogen) atoms. The Bertz CT molecular complexity index is 412. The first-order valence-electron chi connectivity index (χ1n) is 3.80. The molecule has 1 aromatic rings. The molecule has 0 aliphatic carbocycles. The van der Waals surface area contributed by atoms with Crippen molar-refractivity contribution in [3.8, 4) is 0 Å². The zero-order valence-electron chi connectivity index (χ0n) is 7.44. The summed E-state index contributed by atoms with van der Waals surface area (Å²) in [6, 6.07) is 2.57. The van der Waals surface area contributed by atoms with Crippen molar-refractivity contribution >= 4 is 17.6 Å². The predicted molar refractivity (Wildman–Crippen MR) is 49.5 cm³/mol. The number of carboxylic acids is 2. The van der Waals surface area contributed by atoms with Crippen LogP contribution in [0.25, 0.3) is 0 Å². The average Bonchev–Trinajstić information content (AvgIpc) is 2.08. The molecule has 0 aliphatic rings. The second kappa shape index (κ2) is 3.37. The van der Waals surface area contributed by atoms with Crippen molar-refractivity contribution in [3.63, 3.8) is 0 Å². The Hall–Kier alpha value is -2.04. The monoisotopic (exact) mass is 195 g/mol. The third kappa shape index (κ3) is 1.52. The topological polar surface area (TPSA) is 101 Å². The summed E-state index contributed by atoms with van der Waals surface area (Å²) in [5.74, 6) is -2.56. The van der Waals surface area contributed by atoms with Crippen LogP contribution < -0.4 is 5.73 Å². The number of hydrogen-bond acceptors (Lipinski definition) is 3. The molecule has 0 spiro atoms. The molecule has 0 bridgehead atoms. The number of benzene rings is 1. The molecule has 0 fully saturated rings. The van der Waals surface area contributed by atoms with Crippen LogP contribution in [0.5, 0.6) is 0 Å². The van der Waals surface area contributed by atoms with Crippen molar-refractivity contribution in [2.45, 2.75) is 6.92 Å². The molecule has 5 nitrogen and oxygen atoms in total. The Morgan fingerprint density at radius 1 is 1.21 bits per heavy atom. The van der Waals surface area contributed by atoms with Gasteiger partial charge in [0.05, 0.1) is 11.1 Å². The summed E-state index contributed by atoms with van der Waals surface area (Å²) in [6.45, 7) is 1.48. The zero-order valence-corrected chi connectivity index (χ0v) is 7.44. The first kappa shape index (κ1) is 10.0. The van der Waals surface area contributed by atoms with Crippen molar-refractivity contribution in [2.75, 3.05) is 5.73 Å². The highest BCUT2D eigenvalue weighted by molar-refractivity contribution is 6.03. The second-order valence-corrected chi connectivity index (χ2v) is 2.81. The van der Waals surface area contributed by atoms with Gasteiger partial charge < -0.3 is 15.9 Å². The molecule has 0 aliphatic heterocycles. The first-order chi connectivity index (χ1) is 6.45. The molecule has 5 heteroatoms. The summed E-state index contributed by atoms with van der Waals surface area (Å²) >= 11 is 0. The molecular formula is C9H9NO4. The van der Waals surface area contributed by atoms with E-state index < -0.39 is 11.9 Å². The summed E-state index contributed by atoms with van der Waals surface area (Å²) in [6.07, 6.45) is 0. The molecule has 0 amide bonds. The van der Waals surface area contributed by atoms with Crippen molar-refractivity contribution in [1.82, 2.24) is 0 Å². The fraction of sp³-hybridized carbons (Fsp3) is 0.111. The standard InChI is InChI=1S/C9H9NO4/c1-4-6(10)3-2-5(8(11)12)7(4)9(13)14/h2-3H,10H2,1H3,(H,11,12)(H,13,14). The molecule has 1 rings (SSSR count). The number of carbonyl (C=O) groups is 2.